The highest BCUT2D eigenvalue weighted by molar-refractivity contribution is 4.66. The molecule has 0 saturated carbocycles. The Hall–Kier alpha value is -0.740. The molecule has 4 nitrogen and oxygen atoms in total. The van der Waals surface area contributed by atoms with Gasteiger partial charge in [0.2, 0.25) is 0 Å². The van der Waals surface area contributed by atoms with Gasteiger partial charge in [-0.25, -0.2) is 0 Å². The zero-order valence-corrected chi connectivity index (χ0v) is 9.98. The van der Waals surface area contributed by atoms with E-state index in [1.165, 1.54) is 12.5 Å². The highest BCUT2D eigenvalue weighted by atomic mass is 16.5. The normalized spacial score (nSPS) is 17.6. The van der Waals surface area contributed by atoms with Crippen LogP contribution in [0.15, 0.2) is 12.5 Å². The van der Waals surface area contributed by atoms with Crippen LogP contribution in [0.2, 0.25) is 0 Å². The van der Waals surface area contributed by atoms with E-state index in [0.29, 0.717) is 12.5 Å². The lowest BCUT2D eigenvalue weighted by molar-refractivity contribution is 0.0222. The molecule has 0 bridgehead atoms. The van der Waals surface area contributed by atoms with Crippen molar-refractivity contribution >= 4 is 0 Å². The van der Waals surface area contributed by atoms with Crippen LogP contribution in [0.1, 0.15) is 27.2 Å². The SMILES string of the molecule is CC(N)CC(C)COCC(C)O/C=C\N. The van der Waals surface area contributed by atoms with Gasteiger partial charge in [-0.2, -0.15) is 0 Å². The summed E-state index contributed by atoms with van der Waals surface area (Å²) in [4.78, 5) is 0. The van der Waals surface area contributed by atoms with E-state index in [9.17, 15) is 0 Å². The van der Waals surface area contributed by atoms with Crippen LogP contribution in [0.4, 0.5) is 0 Å². The smallest absolute Gasteiger partial charge is 0.118 e. The highest BCUT2D eigenvalue weighted by Gasteiger charge is 2.07. The van der Waals surface area contributed by atoms with Gasteiger partial charge in [-0.05, 0) is 26.2 Å². The molecule has 0 heterocycles. The Kier molecular flexibility index (Phi) is 8.14. The second-order valence-electron chi connectivity index (χ2n) is 4.13. The molecule has 0 rings (SSSR count). The molecule has 4 N–H and O–H groups in total. The third-order valence-corrected chi connectivity index (χ3v) is 1.92. The summed E-state index contributed by atoms with van der Waals surface area (Å²) < 4.78 is 10.7. The summed E-state index contributed by atoms with van der Waals surface area (Å²) in [5.74, 6) is 0.488. The van der Waals surface area contributed by atoms with E-state index in [4.69, 9.17) is 20.9 Å². The van der Waals surface area contributed by atoms with Crippen molar-refractivity contribution in [1.29, 1.82) is 0 Å². The molecule has 0 radical (unpaired) electrons. The van der Waals surface area contributed by atoms with E-state index in [1.54, 1.807) is 0 Å². The third-order valence-electron chi connectivity index (χ3n) is 1.92. The lowest BCUT2D eigenvalue weighted by Gasteiger charge is -2.16. The molecule has 0 aliphatic carbocycles. The van der Waals surface area contributed by atoms with E-state index in [2.05, 4.69) is 6.92 Å². The van der Waals surface area contributed by atoms with Crippen LogP contribution in [-0.4, -0.2) is 25.4 Å². The van der Waals surface area contributed by atoms with Crippen LogP contribution >= 0.6 is 0 Å². The van der Waals surface area contributed by atoms with E-state index in [-0.39, 0.29) is 12.1 Å². The minimum absolute atomic E-state index is 0.0345. The summed E-state index contributed by atoms with van der Waals surface area (Å²) in [5.41, 5.74) is 10.8. The second kappa shape index (κ2) is 8.56. The molecule has 3 unspecified atom stereocenters. The summed E-state index contributed by atoms with van der Waals surface area (Å²) in [7, 11) is 0. The van der Waals surface area contributed by atoms with Gasteiger partial charge in [0, 0.05) is 18.8 Å². The van der Waals surface area contributed by atoms with E-state index < -0.39 is 0 Å². The summed E-state index contributed by atoms with van der Waals surface area (Å²) in [6.07, 6.45) is 3.86. The average Bonchev–Trinajstić information content (AvgIpc) is 2.13. The summed E-state index contributed by atoms with van der Waals surface area (Å²) in [6, 6.07) is 0.234. The van der Waals surface area contributed by atoms with Gasteiger partial charge >= 0.3 is 0 Å². The number of nitrogens with two attached hydrogens (primary N) is 2. The topological polar surface area (TPSA) is 70.5 Å². The highest BCUT2D eigenvalue weighted by Crippen LogP contribution is 2.05. The molecular formula is C11H24N2O2. The van der Waals surface area contributed by atoms with E-state index in [1.807, 2.05) is 13.8 Å². The minimum Gasteiger partial charge on any atom is -0.494 e. The molecule has 0 spiro atoms. The Morgan fingerprint density at radius 1 is 1.20 bits per heavy atom. The molecule has 0 aromatic heterocycles. The van der Waals surface area contributed by atoms with Crippen molar-refractivity contribution in [1.82, 2.24) is 0 Å². The molecule has 0 aromatic carbocycles. The predicted molar refractivity (Wildman–Crippen MR) is 62.1 cm³/mol. The Balaban J connectivity index is 3.43. The lowest BCUT2D eigenvalue weighted by Crippen LogP contribution is -2.22. The Morgan fingerprint density at radius 3 is 2.40 bits per heavy atom. The molecule has 0 fully saturated rings. The molecular weight excluding hydrogens is 192 g/mol. The summed E-state index contributed by atoms with van der Waals surface area (Å²) in [6.45, 7) is 7.38. The average molecular weight is 216 g/mol. The standard InChI is InChI=1S/C11H24N2O2/c1-9(6-10(2)13)7-14-8-11(3)15-5-4-12/h4-5,9-11H,6-8,12-13H2,1-3H3/b5-4-. The maximum Gasteiger partial charge on any atom is 0.118 e. The number of hydrogen-bond donors (Lipinski definition) is 2. The molecule has 15 heavy (non-hydrogen) atoms. The van der Waals surface area contributed by atoms with Crippen molar-refractivity contribution in [2.24, 2.45) is 17.4 Å². The number of rotatable bonds is 8. The Bertz CT molecular complexity index is 172. The van der Waals surface area contributed by atoms with Crippen LogP contribution in [0.3, 0.4) is 0 Å². The minimum atomic E-state index is 0.0345. The Morgan fingerprint density at radius 2 is 1.87 bits per heavy atom. The molecule has 0 saturated heterocycles. The quantitative estimate of drug-likeness (QED) is 0.598. The van der Waals surface area contributed by atoms with Gasteiger partial charge in [-0.15, -0.1) is 0 Å². The van der Waals surface area contributed by atoms with Crippen molar-refractivity contribution in [2.75, 3.05) is 13.2 Å². The largest absolute Gasteiger partial charge is 0.494 e. The monoisotopic (exact) mass is 216 g/mol. The predicted octanol–water partition coefficient (Wildman–Crippen LogP) is 1.21. The van der Waals surface area contributed by atoms with Crippen molar-refractivity contribution < 1.29 is 9.47 Å². The van der Waals surface area contributed by atoms with Crippen LogP contribution in [-0.2, 0) is 9.47 Å². The van der Waals surface area contributed by atoms with Crippen LogP contribution in [0.5, 0.6) is 0 Å². The fraction of sp³-hybridized carbons (Fsp3) is 0.818. The maximum atomic E-state index is 5.69. The summed E-state index contributed by atoms with van der Waals surface area (Å²) in [5, 5.41) is 0. The first kappa shape index (κ1) is 14.3. The van der Waals surface area contributed by atoms with E-state index in [0.717, 1.165) is 13.0 Å². The van der Waals surface area contributed by atoms with Gasteiger partial charge in [-0.3, -0.25) is 0 Å². The molecule has 3 atom stereocenters. The maximum absolute atomic E-state index is 5.69. The molecule has 0 aliphatic heterocycles. The Labute approximate surface area is 92.6 Å². The van der Waals surface area contributed by atoms with Crippen molar-refractivity contribution in [3.63, 3.8) is 0 Å². The van der Waals surface area contributed by atoms with Crippen molar-refractivity contribution in [3.05, 3.63) is 12.5 Å². The van der Waals surface area contributed by atoms with Gasteiger partial charge in [0.15, 0.2) is 0 Å². The molecule has 0 aromatic rings. The summed E-state index contributed by atoms with van der Waals surface area (Å²) >= 11 is 0. The molecule has 0 aliphatic rings. The second-order valence-corrected chi connectivity index (χ2v) is 4.13. The fourth-order valence-electron chi connectivity index (χ4n) is 1.36. The van der Waals surface area contributed by atoms with Crippen molar-refractivity contribution in [3.8, 4) is 0 Å². The zero-order chi connectivity index (χ0) is 11.7. The van der Waals surface area contributed by atoms with Crippen molar-refractivity contribution in [2.45, 2.75) is 39.3 Å². The first-order valence-electron chi connectivity index (χ1n) is 5.41. The number of ether oxygens (including phenoxy) is 2. The van der Waals surface area contributed by atoms with Gasteiger partial charge in [0.1, 0.15) is 6.10 Å². The van der Waals surface area contributed by atoms with Gasteiger partial charge in [0.05, 0.1) is 12.9 Å². The van der Waals surface area contributed by atoms with Gasteiger partial charge in [-0.1, -0.05) is 6.92 Å². The van der Waals surface area contributed by atoms with Crippen LogP contribution in [0, 0.1) is 5.92 Å². The van der Waals surface area contributed by atoms with Crippen LogP contribution < -0.4 is 11.5 Å². The third kappa shape index (κ3) is 9.56. The zero-order valence-electron chi connectivity index (χ0n) is 9.98. The number of hydrogen-bond acceptors (Lipinski definition) is 4. The molecule has 0 amide bonds. The van der Waals surface area contributed by atoms with Gasteiger partial charge < -0.3 is 20.9 Å². The first-order chi connectivity index (χ1) is 7.06. The van der Waals surface area contributed by atoms with Gasteiger partial charge in [0.25, 0.3) is 0 Å². The first-order valence-corrected chi connectivity index (χ1v) is 5.41. The lowest BCUT2D eigenvalue weighted by atomic mass is 10.1. The molecule has 90 valence electrons. The molecule has 4 heteroatoms. The van der Waals surface area contributed by atoms with E-state index >= 15 is 0 Å². The fourth-order valence-corrected chi connectivity index (χ4v) is 1.36. The van der Waals surface area contributed by atoms with Crippen LogP contribution in [0.25, 0.3) is 0 Å².